The number of hydrogen-bond donors (Lipinski definition) is 0. The number of hydrogen-bond acceptors (Lipinski definition) is 6. The van der Waals surface area contributed by atoms with E-state index in [0.717, 1.165) is 22.9 Å². The van der Waals surface area contributed by atoms with Gasteiger partial charge in [-0.15, -0.1) is 0 Å². The van der Waals surface area contributed by atoms with Gasteiger partial charge in [0.15, 0.2) is 0 Å². The summed E-state index contributed by atoms with van der Waals surface area (Å²) < 4.78 is 12.8. The van der Waals surface area contributed by atoms with Gasteiger partial charge in [-0.05, 0) is 0 Å². The van der Waals surface area contributed by atoms with Crippen LogP contribution in [0.1, 0.15) is 27.7 Å². The first kappa shape index (κ1) is 30.8. The van der Waals surface area contributed by atoms with Gasteiger partial charge < -0.3 is 24.8 Å². The normalized spacial score (nSPS) is 10.1. The third-order valence-electron chi connectivity index (χ3n) is 3.89. The van der Waals surface area contributed by atoms with Gasteiger partial charge in [0, 0.05) is 0 Å². The molecule has 0 saturated heterocycles. The SMILES string of the molecule is CC(C)Sc1cccc(N(C)C)c1[O][Zr+2][O]c1c(SC(C)C)cccc1N(C)C.[Cl-].[Cl-]. The Bertz CT molecular complexity index is 744. The van der Waals surface area contributed by atoms with Gasteiger partial charge in [-0.25, -0.2) is 0 Å². The van der Waals surface area contributed by atoms with E-state index in [4.69, 9.17) is 5.63 Å². The first-order valence-corrected chi connectivity index (χ1v) is 13.5. The van der Waals surface area contributed by atoms with E-state index in [2.05, 4.69) is 102 Å². The van der Waals surface area contributed by atoms with E-state index in [9.17, 15) is 0 Å². The first-order chi connectivity index (χ1) is 13.7. The second-order valence-electron chi connectivity index (χ2n) is 7.62. The van der Waals surface area contributed by atoms with Crippen molar-refractivity contribution in [3.05, 3.63) is 36.4 Å². The Morgan fingerprint density at radius 3 is 1.32 bits per heavy atom. The van der Waals surface area contributed by atoms with Gasteiger partial charge in [-0.1, -0.05) is 0 Å². The van der Waals surface area contributed by atoms with Crippen LogP contribution in [0.4, 0.5) is 11.4 Å². The molecule has 2 aromatic carbocycles. The molecule has 31 heavy (non-hydrogen) atoms. The minimum absolute atomic E-state index is 0. The minimum atomic E-state index is -1.61. The van der Waals surface area contributed by atoms with Crippen molar-refractivity contribution in [2.24, 2.45) is 0 Å². The van der Waals surface area contributed by atoms with E-state index in [0.29, 0.717) is 10.5 Å². The molecule has 0 aliphatic rings. The predicted octanol–water partition coefficient (Wildman–Crippen LogP) is 0.198. The van der Waals surface area contributed by atoms with Crippen LogP contribution in [-0.2, 0) is 24.1 Å². The summed E-state index contributed by atoms with van der Waals surface area (Å²) in [6.45, 7) is 8.82. The van der Waals surface area contributed by atoms with Crippen LogP contribution < -0.4 is 40.2 Å². The van der Waals surface area contributed by atoms with E-state index in [1.807, 2.05) is 23.5 Å². The fourth-order valence-corrected chi connectivity index (χ4v) is 6.48. The monoisotopic (exact) mass is 580 g/mol. The van der Waals surface area contributed by atoms with Crippen molar-refractivity contribution in [3.8, 4) is 11.5 Å². The third kappa shape index (κ3) is 9.29. The zero-order chi connectivity index (χ0) is 21.6. The van der Waals surface area contributed by atoms with Gasteiger partial charge in [-0.3, -0.25) is 0 Å². The summed E-state index contributed by atoms with van der Waals surface area (Å²) in [4.78, 5) is 6.56. The van der Waals surface area contributed by atoms with Crippen LogP contribution in [0.5, 0.6) is 11.5 Å². The molecule has 0 aliphatic heterocycles. The topological polar surface area (TPSA) is 24.9 Å². The molecule has 2 rings (SSSR count). The second kappa shape index (κ2) is 14.9. The van der Waals surface area contributed by atoms with Gasteiger partial charge >= 0.3 is 199 Å². The van der Waals surface area contributed by atoms with Crippen LogP contribution in [0.15, 0.2) is 46.2 Å². The predicted molar refractivity (Wildman–Crippen MR) is 125 cm³/mol. The Hall–Kier alpha value is -0.197. The average Bonchev–Trinajstić information content (AvgIpc) is 2.62. The Balaban J connectivity index is 0.00000450. The van der Waals surface area contributed by atoms with Crippen molar-refractivity contribution in [3.63, 3.8) is 0 Å². The van der Waals surface area contributed by atoms with E-state index in [-0.39, 0.29) is 24.8 Å². The molecule has 0 amide bonds. The van der Waals surface area contributed by atoms with Crippen LogP contribution >= 0.6 is 23.5 Å². The molecule has 0 saturated carbocycles. The van der Waals surface area contributed by atoms with E-state index in [1.54, 1.807) is 0 Å². The number of rotatable bonds is 10. The zero-order valence-electron chi connectivity index (χ0n) is 19.4. The summed E-state index contributed by atoms with van der Waals surface area (Å²) in [5.74, 6) is 1.89. The van der Waals surface area contributed by atoms with Gasteiger partial charge in [-0.2, -0.15) is 0 Å². The molecule has 0 unspecified atom stereocenters. The molecular weight excluding hydrogens is 551 g/mol. The fourth-order valence-electron chi connectivity index (χ4n) is 2.72. The summed E-state index contributed by atoms with van der Waals surface area (Å²) in [6.07, 6.45) is 0. The molecule has 0 bridgehead atoms. The number of thioether (sulfide) groups is 2. The molecule has 0 aliphatic carbocycles. The average molecular weight is 583 g/mol. The van der Waals surface area contributed by atoms with Gasteiger partial charge in [0.05, 0.1) is 0 Å². The molecule has 0 heterocycles. The van der Waals surface area contributed by atoms with Crippen molar-refractivity contribution in [1.29, 1.82) is 0 Å². The maximum atomic E-state index is 6.39. The zero-order valence-corrected chi connectivity index (χ0v) is 25.0. The minimum Gasteiger partial charge on any atom is -1.00 e. The Labute approximate surface area is 221 Å². The van der Waals surface area contributed by atoms with E-state index < -0.39 is 24.1 Å². The molecule has 0 radical (unpaired) electrons. The summed E-state index contributed by atoms with van der Waals surface area (Å²) in [5, 5.41) is 0.981. The number of para-hydroxylation sites is 2. The van der Waals surface area contributed by atoms with Gasteiger partial charge in [0.2, 0.25) is 0 Å². The second-order valence-corrected chi connectivity index (χ2v) is 12.3. The van der Waals surface area contributed by atoms with Crippen LogP contribution in [0.25, 0.3) is 0 Å². The first-order valence-electron chi connectivity index (χ1n) is 9.73. The fraction of sp³-hybridized carbons (Fsp3) is 0.455. The number of halogens is 2. The number of benzene rings is 2. The van der Waals surface area contributed by atoms with Gasteiger partial charge in [0.1, 0.15) is 0 Å². The van der Waals surface area contributed by atoms with Crippen molar-refractivity contribution in [2.75, 3.05) is 38.0 Å². The molecule has 0 aromatic heterocycles. The molecule has 0 atom stereocenters. The molecule has 0 fully saturated rings. The summed E-state index contributed by atoms with van der Waals surface area (Å²) in [5.41, 5.74) is 2.19. The molecule has 0 spiro atoms. The largest absolute Gasteiger partial charge is 1.00 e. The Morgan fingerprint density at radius 1 is 0.677 bits per heavy atom. The van der Waals surface area contributed by atoms with Crippen molar-refractivity contribution >= 4 is 34.9 Å². The number of anilines is 2. The summed E-state index contributed by atoms with van der Waals surface area (Å²) >= 11 is 2.05. The van der Waals surface area contributed by atoms with Crippen molar-refractivity contribution in [1.82, 2.24) is 0 Å². The quantitative estimate of drug-likeness (QED) is 0.372. The maximum Gasteiger partial charge on any atom is -1.00 e. The Kier molecular flexibility index (Phi) is 14.8. The summed E-state index contributed by atoms with van der Waals surface area (Å²) in [6, 6.07) is 12.7. The molecule has 172 valence electrons. The standard InChI is InChI=1S/2C11H17NOS.2ClH.Zr/c2*1-8(2)14-10-7-5-6-9(11(10)13)12(3)4;;;/h2*5-8,13H,1-4H3;2*1H;/q;;;;+4/p-4. The molecule has 4 nitrogen and oxygen atoms in total. The maximum absolute atomic E-state index is 6.39. The van der Waals surface area contributed by atoms with E-state index in [1.165, 1.54) is 9.79 Å². The molecule has 0 N–H and O–H groups in total. The van der Waals surface area contributed by atoms with Crippen LogP contribution in [0.3, 0.4) is 0 Å². The van der Waals surface area contributed by atoms with Crippen LogP contribution in [-0.4, -0.2) is 38.7 Å². The van der Waals surface area contributed by atoms with Crippen LogP contribution in [0, 0.1) is 0 Å². The smallest absolute Gasteiger partial charge is 1.00 e. The number of nitrogens with zero attached hydrogens (tertiary/aromatic N) is 2. The van der Waals surface area contributed by atoms with Gasteiger partial charge in [0.25, 0.3) is 0 Å². The third-order valence-corrected chi connectivity index (χ3v) is 7.40. The van der Waals surface area contributed by atoms with Crippen molar-refractivity contribution < 1.29 is 54.6 Å². The van der Waals surface area contributed by atoms with Crippen molar-refractivity contribution in [2.45, 2.75) is 48.0 Å². The molecule has 2 aromatic rings. The van der Waals surface area contributed by atoms with Crippen LogP contribution in [0.2, 0.25) is 0 Å². The molecular formula is C22H32Cl2N2O2S2Zr. The summed E-state index contributed by atoms with van der Waals surface area (Å²) in [7, 11) is 8.21. The Morgan fingerprint density at radius 2 is 1.03 bits per heavy atom. The van der Waals surface area contributed by atoms with E-state index >= 15 is 0 Å². The molecule has 9 heteroatoms.